The summed E-state index contributed by atoms with van der Waals surface area (Å²) in [5.74, 6) is 0.551. The van der Waals surface area contributed by atoms with E-state index in [1.165, 1.54) is 5.56 Å². The van der Waals surface area contributed by atoms with Crippen LogP contribution in [0.2, 0.25) is 0 Å². The number of hydrogen-bond acceptors (Lipinski definition) is 2. The molecule has 21 heavy (non-hydrogen) atoms. The molecular formula is C17H18BrNO2. The topological polar surface area (TPSA) is 38.3 Å². The second-order valence-corrected chi connectivity index (χ2v) is 5.83. The van der Waals surface area contributed by atoms with Crippen LogP contribution in [-0.4, -0.2) is 12.0 Å². The van der Waals surface area contributed by atoms with E-state index in [0.717, 1.165) is 10.0 Å². The van der Waals surface area contributed by atoms with Crippen molar-refractivity contribution in [2.75, 3.05) is 0 Å². The summed E-state index contributed by atoms with van der Waals surface area (Å²) in [5, 5.41) is 2.88. The number of aryl methyl sites for hydroxylation is 1. The van der Waals surface area contributed by atoms with Crippen molar-refractivity contribution in [1.29, 1.82) is 0 Å². The van der Waals surface area contributed by atoms with Gasteiger partial charge in [-0.3, -0.25) is 4.79 Å². The van der Waals surface area contributed by atoms with Crippen molar-refractivity contribution in [3.63, 3.8) is 0 Å². The average molecular weight is 348 g/mol. The van der Waals surface area contributed by atoms with Crippen LogP contribution in [0, 0.1) is 6.92 Å². The van der Waals surface area contributed by atoms with Gasteiger partial charge in [-0.15, -0.1) is 0 Å². The number of halogens is 1. The second kappa shape index (κ2) is 7.27. The molecule has 0 aliphatic rings. The van der Waals surface area contributed by atoms with Crippen molar-refractivity contribution >= 4 is 21.8 Å². The molecule has 0 fully saturated rings. The summed E-state index contributed by atoms with van der Waals surface area (Å²) >= 11 is 3.36. The van der Waals surface area contributed by atoms with E-state index in [1.54, 1.807) is 6.92 Å². The van der Waals surface area contributed by atoms with Gasteiger partial charge in [-0.05, 0) is 43.7 Å². The highest BCUT2D eigenvalue weighted by Crippen LogP contribution is 2.17. The lowest BCUT2D eigenvalue weighted by Gasteiger charge is -2.15. The summed E-state index contributed by atoms with van der Waals surface area (Å²) in [5.41, 5.74) is 2.28. The highest BCUT2D eigenvalue weighted by molar-refractivity contribution is 9.10. The van der Waals surface area contributed by atoms with Gasteiger partial charge in [-0.25, -0.2) is 0 Å². The van der Waals surface area contributed by atoms with E-state index in [2.05, 4.69) is 21.2 Å². The molecule has 0 aliphatic carbocycles. The fourth-order valence-electron chi connectivity index (χ4n) is 1.81. The lowest BCUT2D eigenvalue weighted by Crippen LogP contribution is -2.35. The van der Waals surface area contributed by atoms with Crippen LogP contribution in [0.4, 0.5) is 0 Å². The van der Waals surface area contributed by atoms with Crippen molar-refractivity contribution in [2.45, 2.75) is 26.5 Å². The maximum atomic E-state index is 12.0. The van der Waals surface area contributed by atoms with Crippen LogP contribution in [0.3, 0.4) is 0 Å². The van der Waals surface area contributed by atoms with Gasteiger partial charge in [-0.1, -0.05) is 45.8 Å². The standard InChI is InChI=1S/C17H18BrNO2/c1-12-3-5-14(6-4-12)11-19-17(20)13(2)21-16-9-7-15(18)8-10-16/h3-10,13H,11H2,1-2H3,(H,19,20)/t13-/m1/s1. The van der Waals surface area contributed by atoms with Crippen LogP contribution in [-0.2, 0) is 11.3 Å². The molecule has 2 rings (SSSR count). The van der Waals surface area contributed by atoms with E-state index in [1.807, 2.05) is 55.5 Å². The molecule has 0 aliphatic heterocycles. The van der Waals surface area contributed by atoms with E-state index in [0.29, 0.717) is 12.3 Å². The van der Waals surface area contributed by atoms with Crippen molar-refractivity contribution in [1.82, 2.24) is 5.32 Å². The molecule has 0 saturated carbocycles. The Bertz CT molecular complexity index is 593. The molecule has 0 spiro atoms. The molecular weight excluding hydrogens is 330 g/mol. The minimum atomic E-state index is -0.531. The molecule has 0 heterocycles. The number of carbonyl (C=O) groups is 1. The van der Waals surface area contributed by atoms with Crippen molar-refractivity contribution in [3.8, 4) is 5.75 Å². The first-order valence-electron chi connectivity index (χ1n) is 6.80. The molecule has 0 radical (unpaired) electrons. The number of rotatable bonds is 5. The zero-order chi connectivity index (χ0) is 15.2. The molecule has 4 heteroatoms. The smallest absolute Gasteiger partial charge is 0.261 e. The van der Waals surface area contributed by atoms with Crippen LogP contribution in [0.25, 0.3) is 0 Å². The summed E-state index contributed by atoms with van der Waals surface area (Å²) in [6, 6.07) is 15.5. The second-order valence-electron chi connectivity index (χ2n) is 4.92. The Kier molecular flexibility index (Phi) is 5.39. The molecule has 3 nitrogen and oxygen atoms in total. The van der Waals surface area contributed by atoms with Crippen LogP contribution in [0.1, 0.15) is 18.1 Å². The largest absolute Gasteiger partial charge is 0.481 e. The predicted molar refractivity (Wildman–Crippen MR) is 87.3 cm³/mol. The molecule has 1 amide bonds. The average Bonchev–Trinajstić information content (AvgIpc) is 2.48. The summed E-state index contributed by atoms with van der Waals surface area (Å²) in [6.45, 7) is 4.29. The monoisotopic (exact) mass is 347 g/mol. The van der Waals surface area contributed by atoms with Crippen LogP contribution >= 0.6 is 15.9 Å². The normalized spacial score (nSPS) is 11.8. The van der Waals surface area contributed by atoms with Gasteiger partial charge >= 0.3 is 0 Å². The summed E-state index contributed by atoms with van der Waals surface area (Å²) in [7, 11) is 0. The predicted octanol–water partition coefficient (Wildman–Crippen LogP) is 3.84. The third-order valence-corrected chi connectivity index (χ3v) is 3.61. The van der Waals surface area contributed by atoms with Gasteiger partial charge in [-0.2, -0.15) is 0 Å². The maximum absolute atomic E-state index is 12.0. The lowest BCUT2D eigenvalue weighted by molar-refractivity contribution is -0.127. The number of benzene rings is 2. The van der Waals surface area contributed by atoms with Gasteiger partial charge in [0, 0.05) is 11.0 Å². The van der Waals surface area contributed by atoms with Crippen molar-refractivity contribution in [3.05, 3.63) is 64.1 Å². The summed E-state index contributed by atoms with van der Waals surface area (Å²) in [4.78, 5) is 12.0. The zero-order valence-corrected chi connectivity index (χ0v) is 13.7. The van der Waals surface area contributed by atoms with E-state index >= 15 is 0 Å². The minimum Gasteiger partial charge on any atom is -0.481 e. The molecule has 0 bridgehead atoms. The van der Waals surface area contributed by atoms with Crippen LogP contribution in [0.15, 0.2) is 53.0 Å². The van der Waals surface area contributed by atoms with E-state index in [-0.39, 0.29) is 5.91 Å². The highest BCUT2D eigenvalue weighted by atomic mass is 79.9. The Morgan fingerprint density at radius 2 is 1.76 bits per heavy atom. The quantitative estimate of drug-likeness (QED) is 0.892. The molecule has 0 saturated heterocycles. The number of hydrogen-bond donors (Lipinski definition) is 1. The van der Waals surface area contributed by atoms with Crippen molar-refractivity contribution < 1.29 is 9.53 Å². The molecule has 2 aromatic rings. The molecule has 0 unspecified atom stereocenters. The van der Waals surface area contributed by atoms with E-state index < -0.39 is 6.10 Å². The lowest BCUT2D eigenvalue weighted by atomic mass is 10.1. The number of ether oxygens (including phenoxy) is 1. The Balaban J connectivity index is 1.84. The molecule has 1 N–H and O–H groups in total. The molecule has 0 aromatic heterocycles. The fraction of sp³-hybridized carbons (Fsp3) is 0.235. The first kappa shape index (κ1) is 15.6. The first-order chi connectivity index (χ1) is 10.0. The number of amides is 1. The van der Waals surface area contributed by atoms with Gasteiger partial charge < -0.3 is 10.1 Å². The SMILES string of the molecule is Cc1ccc(CNC(=O)[C@@H](C)Oc2ccc(Br)cc2)cc1. The van der Waals surface area contributed by atoms with E-state index in [4.69, 9.17) is 4.74 Å². The van der Waals surface area contributed by atoms with Gasteiger partial charge in [0.1, 0.15) is 5.75 Å². The zero-order valence-electron chi connectivity index (χ0n) is 12.1. The van der Waals surface area contributed by atoms with Gasteiger partial charge in [0.25, 0.3) is 5.91 Å². The fourth-order valence-corrected chi connectivity index (χ4v) is 2.07. The Labute approximate surface area is 133 Å². The number of nitrogens with one attached hydrogen (secondary N) is 1. The minimum absolute atomic E-state index is 0.126. The summed E-state index contributed by atoms with van der Waals surface area (Å²) in [6.07, 6.45) is -0.531. The third-order valence-electron chi connectivity index (χ3n) is 3.08. The van der Waals surface area contributed by atoms with Gasteiger partial charge in [0.15, 0.2) is 6.10 Å². The first-order valence-corrected chi connectivity index (χ1v) is 7.59. The van der Waals surface area contributed by atoms with Crippen LogP contribution in [0.5, 0.6) is 5.75 Å². The Morgan fingerprint density at radius 3 is 2.38 bits per heavy atom. The van der Waals surface area contributed by atoms with Gasteiger partial charge in [0.2, 0.25) is 0 Å². The third kappa shape index (κ3) is 4.90. The molecule has 110 valence electrons. The molecule has 1 atom stereocenters. The van der Waals surface area contributed by atoms with E-state index in [9.17, 15) is 4.79 Å². The summed E-state index contributed by atoms with van der Waals surface area (Å²) < 4.78 is 6.58. The Morgan fingerprint density at radius 1 is 1.14 bits per heavy atom. The number of carbonyl (C=O) groups excluding carboxylic acids is 1. The molecule has 2 aromatic carbocycles. The van der Waals surface area contributed by atoms with Gasteiger partial charge in [0.05, 0.1) is 0 Å². The van der Waals surface area contributed by atoms with Crippen molar-refractivity contribution in [2.24, 2.45) is 0 Å². The highest BCUT2D eigenvalue weighted by Gasteiger charge is 2.14. The van der Waals surface area contributed by atoms with Crippen LogP contribution < -0.4 is 10.1 Å². The maximum Gasteiger partial charge on any atom is 0.261 e. The Hall–Kier alpha value is -1.81.